The molecule has 30 heavy (non-hydrogen) atoms. The Balaban J connectivity index is 1.51. The Morgan fingerprint density at radius 3 is 2.63 bits per heavy atom. The second kappa shape index (κ2) is 9.80. The Morgan fingerprint density at radius 1 is 1.27 bits per heavy atom. The molecule has 0 bridgehead atoms. The van der Waals surface area contributed by atoms with Gasteiger partial charge in [0.2, 0.25) is 5.88 Å². The van der Waals surface area contributed by atoms with Gasteiger partial charge in [-0.05, 0) is 37.7 Å². The van der Waals surface area contributed by atoms with Gasteiger partial charge in [-0.15, -0.1) is 0 Å². The topological polar surface area (TPSA) is 129 Å². The lowest BCUT2D eigenvalue weighted by atomic mass is 9.86. The van der Waals surface area contributed by atoms with Crippen molar-refractivity contribution in [3.05, 3.63) is 34.7 Å². The number of carbonyl (C=O) groups excluding carboxylic acids is 2. The maximum absolute atomic E-state index is 12.7. The summed E-state index contributed by atoms with van der Waals surface area (Å²) in [7, 11) is 0. The highest BCUT2D eigenvalue weighted by atomic mass is 35.5. The van der Waals surface area contributed by atoms with Crippen LogP contribution in [0.5, 0.6) is 5.88 Å². The van der Waals surface area contributed by atoms with E-state index in [-0.39, 0.29) is 29.8 Å². The molecule has 0 saturated heterocycles. The van der Waals surface area contributed by atoms with E-state index in [0.717, 1.165) is 25.7 Å². The molecular weight excluding hydrogens is 414 g/mol. The van der Waals surface area contributed by atoms with Crippen molar-refractivity contribution in [2.45, 2.75) is 38.2 Å². The van der Waals surface area contributed by atoms with E-state index in [1.807, 2.05) is 0 Å². The second-order valence-electron chi connectivity index (χ2n) is 7.47. The minimum Gasteiger partial charge on any atom is -0.511 e. The van der Waals surface area contributed by atoms with Crippen LogP contribution in [0.4, 0.5) is 0 Å². The molecular formula is C20H24ClN3O6. The largest absolute Gasteiger partial charge is 0.511 e. The third kappa shape index (κ3) is 5.63. The van der Waals surface area contributed by atoms with Crippen molar-refractivity contribution in [3.8, 4) is 5.88 Å². The molecule has 9 nitrogen and oxygen atoms in total. The first-order valence-corrected chi connectivity index (χ1v) is 10.2. The smallest absolute Gasteiger partial charge is 0.322 e. The molecule has 162 valence electrons. The molecule has 2 aliphatic rings. The fraction of sp³-hybridized carbons (Fsp3) is 0.500. The Hall–Kier alpha value is -2.81. The summed E-state index contributed by atoms with van der Waals surface area (Å²) in [5.41, 5.74) is -0.367. The van der Waals surface area contributed by atoms with E-state index >= 15 is 0 Å². The van der Waals surface area contributed by atoms with Crippen molar-refractivity contribution in [2.75, 3.05) is 19.6 Å². The molecule has 2 amide bonds. The zero-order valence-electron chi connectivity index (χ0n) is 16.3. The minimum absolute atomic E-state index is 0.0493. The Morgan fingerprint density at radius 2 is 2.00 bits per heavy atom. The Kier molecular flexibility index (Phi) is 7.15. The monoisotopic (exact) mass is 437 g/mol. The molecule has 10 heteroatoms. The van der Waals surface area contributed by atoms with E-state index < -0.39 is 24.3 Å². The number of nitrogens with one attached hydrogen (secondary N) is 1. The van der Waals surface area contributed by atoms with Crippen LogP contribution in [-0.4, -0.2) is 63.6 Å². The van der Waals surface area contributed by atoms with Crippen molar-refractivity contribution in [1.82, 2.24) is 15.2 Å². The molecule has 0 atom stereocenters. The van der Waals surface area contributed by atoms with Gasteiger partial charge in [0.25, 0.3) is 11.8 Å². The Labute approximate surface area is 178 Å². The van der Waals surface area contributed by atoms with Gasteiger partial charge in [-0.25, -0.2) is 4.98 Å². The molecule has 3 N–H and O–H groups in total. The van der Waals surface area contributed by atoms with Crippen LogP contribution in [0.25, 0.3) is 0 Å². The number of carboxylic acid groups (broad SMARTS) is 1. The van der Waals surface area contributed by atoms with Crippen LogP contribution < -0.4 is 10.1 Å². The lowest BCUT2D eigenvalue weighted by Crippen LogP contribution is -2.45. The number of carbonyl (C=O) groups is 3. The SMILES string of the molecule is O=C(O)CNC(=O)C1=C(O)CCN(CC2CCC(Oc3ccc(Cl)cn3)CC2)C1=O. The van der Waals surface area contributed by atoms with Gasteiger partial charge in [-0.3, -0.25) is 14.4 Å². The predicted octanol–water partition coefficient (Wildman–Crippen LogP) is 1.92. The summed E-state index contributed by atoms with van der Waals surface area (Å²) in [6.07, 6.45) is 5.12. The molecule has 1 aromatic heterocycles. The quantitative estimate of drug-likeness (QED) is 0.555. The molecule has 0 aromatic carbocycles. The van der Waals surface area contributed by atoms with Crippen molar-refractivity contribution in [2.24, 2.45) is 5.92 Å². The summed E-state index contributed by atoms with van der Waals surface area (Å²) in [5.74, 6) is -2.16. The lowest BCUT2D eigenvalue weighted by molar-refractivity contribution is -0.138. The van der Waals surface area contributed by atoms with Crippen LogP contribution in [0, 0.1) is 5.92 Å². The zero-order valence-corrected chi connectivity index (χ0v) is 17.1. The van der Waals surface area contributed by atoms with Gasteiger partial charge in [0.05, 0.1) is 5.02 Å². The standard InChI is InChI=1S/C20H24ClN3O6/c21-13-3-6-16(22-9-13)30-14-4-1-12(2-5-14)11-24-8-7-15(25)18(20(24)29)19(28)23-10-17(26)27/h3,6,9,12,14,25H,1-2,4-5,7-8,10-11H2,(H,23,28)(H,26,27). The summed E-state index contributed by atoms with van der Waals surface area (Å²) in [5, 5.41) is 21.3. The molecule has 0 spiro atoms. The maximum Gasteiger partial charge on any atom is 0.322 e. The molecule has 1 saturated carbocycles. The highest BCUT2D eigenvalue weighted by Gasteiger charge is 2.34. The van der Waals surface area contributed by atoms with E-state index in [0.29, 0.717) is 24.0 Å². The molecule has 1 aromatic rings. The Bertz CT molecular complexity index is 833. The third-order valence-electron chi connectivity index (χ3n) is 5.30. The fourth-order valence-electron chi connectivity index (χ4n) is 3.74. The normalized spacial score (nSPS) is 22.0. The van der Waals surface area contributed by atoms with Crippen LogP contribution in [0.3, 0.4) is 0 Å². The van der Waals surface area contributed by atoms with Crippen molar-refractivity contribution in [3.63, 3.8) is 0 Å². The number of aliphatic carboxylic acids is 1. The highest BCUT2D eigenvalue weighted by molar-refractivity contribution is 6.30. The predicted molar refractivity (Wildman–Crippen MR) is 107 cm³/mol. The number of rotatable bonds is 7. The van der Waals surface area contributed by atoms with Crippen molar-refractivity contribution < 1.29 is 29.3 Å². The first-order chi connectivity index (χ1) is 14.3. The third-order valence-corrected chi connectivity index (χ3v) is 5.52. The van der Waals surface area contributed by atoms with Gasteiger partial charge in [-0.1, -0.05) is 11.6 Å². The van der Waals surface area contributed by atoms with E-state index in [1.54, 1.807) is 17.0 Å². The number of amides is 2. The number of aromatic nitrogens is 1. The van der Waals surface area contributed by atoms with Gasteiger partial charge in [-0.2, -0.15) is 0 Å². The molecule has 0 unspecified atom stereocenters. The van der Waals surface area contributed by atoms with Crippen molar-refractivity contribution >= 4 is 29.4 Å². The number of nitrogens with zero attached hydrogens (tertiary/aromatic N) is 2. The average molecular weight is 438 g/mol. The van der Waals surface area contributed by atoms with E-state index in [4.69, 9.17) is 21.4 Å². The molecule has 3 rings (SSSR count). The number of ether oxygens (including phenoxy) is 1. The van der Waals surface area contributed by atoms with Crippen molar-refractivity contribution in [1.29, 1.82) is 0 Å². The highest BCUT2D eigenvalue weighted by Crippen LogP contribution is 2.29. The molecule has 0 radical (unpaired) electrons. The minimum atomic E-state index is -1.23. The summed E-state index contributed by atoms with van der Waals surface area (Å²) >= 11 is 5.83. The summed E-state index contributed by atoms with van der Waals surface area (Å²) in [6.45, 7) is 0.189. The lowest BCUT2D eigenvalue weighted by Gasteiger charge is -2.34. The number of aliphatic hydroxyl groups is 1. The summed E-state index contributed by atoms with van der Waals surface area (Å²) in [6, 6.07) is 3.46. The van der Waals surface area contributed by atoms with Gasteiger partial charge in [0, 0.05) is 31.8 Å². The average Bonchev–Trinajstić information content (AvgIpc) is 2.72. The molecule has 2 heterocycles. The molecule has 1 fully saturated rings. The van der Waals surface area contributed by atoms with E-state index in [9.17, 15) is 19.5 Å². The van der Waals surface area contributed by atoms with Gasteiger partial charge in [0.1, 0.15) is 24.0 Å². The van der Waals surface area contributed by atoms with Crippen LogP contribution in [0.1, 0.15) is 32.1 Å². The molecule has 1 aliphatic heterocycles. The van der Waals surface area contributed by atoms with E-state index in [2.05, 4.69) is 10.3 Å². The summed E-state index contributed by atoms with van der Waals surface area (Å²) in [4.78, 5) is 41.1. The first kappa shape index (κ1) is 21.9. The number of carboxylic acids is 1. The fourth-order valence-corrected chi connectivity index (χ4v) is 3.85. The first-order valence-electron chi connectivity index (χ1n) is 9.83. The van der Waals surface area contributed by atoms with Gasteiger partial charge >= 0.3 is 5.97 Å². The second-order valence-corrected chi connectivity index (χ2v) is 7.91. The van der Waals surface area contributed by atoms with Gasteiger partial charge in [0.15, 0.2) is 0 Å². The van der Waals surface area contributed by atoms with E-state index in [1.165, 1.54) is 6.20 Å². The van der Waals surface area contributed by atoms with Gasteiger partial charge < -0.3 is 25.2 Å². The van der Waals surface area contributed by atoms with Crippen LogP contribution in [0.2, 0.25) is 5.02 Å². The summed E-state index contributed by atoms with van der Waals surface area (Å²) < 4.78 is 5.89. The number of hydrogen-bond donors (Lipinski definition) is 3. The maximum atomic E-state index is 12.7. The van der Waals surface area contributed by atoms with Crippen LogP contribution in [-0.2, 0) is 14.4 Å². The number of halogens is 1. The zero-order chi connectivity index (χ0) is 21.7. The van der Waals surface area contributed by atoms with Crippen LogP contribution in [0.15, 0.2) is 29.7 Å². The number of aliphatic hydroxyl groups excluding tert-OH is 1. The number of hydrogen-bond acceptors (Lipinski definition) is 6. The molecule has 1 aliphatic carbocycles. The number of pyridine rings is 1. The van der Waals surface area contributed by atoms with Crippen LogP contribution >= 0.6 is 11.6 Å².